The first-order chi connectivity index (χ1) is 13.5. The van der Waals surface area contributed by atoms with Gasteiger partial charge in [0.05, 0.1) is 24.5 Å². The molecule has 10 nitrogen and oxygen atoms in total. The number of piperidine rings is 1. The summed E-state index contributed by atoms with van der Waals surface area (Å²) in [7, 11) is 0. The number of carbonyl (C=O) groups is 2. The highest BCUT2D eigenvalue weighted by Gasteiger charge is 2.35. The number of hydrogen-bond acceptors (Lipinski definition) is 7. The fraction of sp³-hybridized carbons (Fsp3) is 0.611. The van der Waals surface area contributed by atoms with Crippen molar-refractivity contribution in [2.75, 3.05) is 13.1 Å². The Balaban J connectivity index is 1.31. The lowest BCUT2D eigenvalue weighted by atomic mass is 9.91. The first-order valence-corrected chi connectivity index (χ1v) is 9.64. The van der Waals surface area contributed by atoms with Crippen LogP contribution in [-0.2, 0) is 6.54 Å². The quantitative estimate of drug-likeness (QED) is 0.768. The van der Waals surface area contributed by atoms with E-state index in [1.54, 1.807) is 11.1 Å². The van der Waals surface area contributed by atoms with Gasteiger partial charge in [-0.3, -0.25) is 9.59 Å². The number of aliphatic hydroxyl groups is 1. The molecule has 2 aromatic rings. The molecule has 0 unspecified atom stereocenters. The molecule has 10 heteroatoms. The molecule has 0 radical (unpaired) electrons. The number of hydrogen-bond donors (Lipinski definition) is 2. The van der Waals surface area contributed by atoms with E-state index in [9.17, 15) is 14.7 Å². The molecule has 0 aromatic carbocycles. The summed E-state index contributed by atoms with van der Waals surface area (Å²) in [4.78, 5) is 30.0. The summed E-state index contributed by atoms with van der Waals surface area (Å²) in [5.74, 6) is -0.261. The van der Waals surface area contributed by atoms with Gasteiger partial charge in [0.25, 0.3) is 11.8 Å². The lowest BCUT2D eigenvalue weighted by Gasteiger charge is -2.37. The molecular formula is C18H24N6O4. The fourth-order valence-electron chi connectivity index (χ4n) is 3.87. The zero-order valence-corrected chi connectivity index (χ0v) is 15.6. The van der Waals surface area contributed by atoms with Crippen molar-refractivity contribution < 1.29 is 19.1 Å². The minimum absolute atomic E-state index is 0.194. The molecule has 2 aromatic heterocycles. The number of amides is 2. The van der Waals surface area contributed by atoms with E-state index in [4.69, 9.17) is 4.42 Å². The third kappa shape index (κ3) is 4.06. The summed E-state index contributed by atoms with van der Waals surface area (Å²) >= 11 is 0. The maximum atomic E-state index is 12.3. The lowest BCUT2D eigenvalue weighted by molar-refractivity contribution is -0.0323. The van der Waals surface area contributed by atoms with Crippen molar-refractivity contribution in [1.82, 2.24) is 30.2 Å². The number of nitrogens with zero attached hydrogens (tertiary/aromatic N) is 5. The second-order valence-electron chi connectivity index (χ2n) is 7.64. The molecule has 0 bridgehead atoms. The van der Waals surface area contributed by atoms with E-state index in [1.807, 2.05) is 0 Å². The predicted molar refractivity (Wildman–Crippen MR) is 96.3 cm³/mol. The molecule has 2 N–H and O–H groups in total. The molecule has 1 saturated heterocycles. The predicted octanol–water partition coefficient (Wildman–Crippen LogP) is 0.606. The third-order valence-corrected chi connectivity index (χ3v) is 5.54. The van der Waals surface area contributed by atoms with Crippen LogP contribution in [0, 0.1) is 0 Å². The van der Waals surface area contributed by atoms with Crippen molar-refractivity contribution in [2.24, 2.45) is 0 Å². The highest BCUT2D eigenvalue weighted by Crippen LogP contribution is 2.25. The van der Waals surface area contributed by atoms with Gasteiger partial charge in [0.2, 0.25) is 5.76 Å². The van der Waals surface area contributed by atoms with Gasteiger partial charge in [-0.15, -0.1) is 5.10 Å². The number of aromatic nitrogens is 4. The van der Waals surface area contributed by atoms with Gasteiger partial charge in [0, 0.05) is 19.1 Å². The van der Waals surface area contributed by atoms with Gasteiger partial charge in [-0.1, -0.05) is 18.1 Å². The molecule has 2 amide bonds. The van der Waals surface area contributed by atoms with Crippen molar-refractivity contribution in [1.29, 1.82) is 0 Å². The van der Waals surface area contributed by atoms with Crippen LogP contribution in [0.15, 0.2) is 23.2 Å². The Hall–Kier alpha value is -2.75. The Morgan fingerprint density at radius 2 is 2.04 bits per heavy atom. The van der Waals surface area contributed by atoms with Gasteiger partial charge >= 0.3 is 0 Å². The average molecular weight is 388 g/mol. The largest absolute Gasteiger partial charge is 0.438 e. The monoisotopic (exact) mass is 388 g/mol. The molecule has 0 atom stereocenters. The van der Waals surface area contributed by atoms with Crippen LogP contribution in [0.3, 0.4) is 0 Å². The van der Waals surface area contributed by atoms with Crippen molar-refractivity contribution >= 4 is 11.8 Å². The maximum Gasteiger partial charge on any atom is 0.291 e. The van der Waals surface area contributed by atoms with Crippen molar-refractivity contribution in [2.45, 2.75) is 56.7 Å². The van der Waals surface area contributed by atoms with Crippen LogP contribution in [-0.4, -0.2) is 66.5 Å². The molecule has 1 aliphatic carbocycles. The topological polar surface area (TPSA) is 126 Å². The Labute approximate surface area is 161 Å². The summed E-state index contributed by atoms with van der Waals surface area (Å²) in [5, 5.41) is 21.8. The van der Waals surface area contributed by atoms with E-state index >= 15 is 0 Å². The van der Waals surface area contributed by atoms with Crippen LogP contribution in [0.5, 0.6) is 0 Å². The average Bonchev–Trinajstić information content (AvgIpc) is 3.44. The van der Waals surface area contributed by atoms with Gasteiger partial charge in [0.15, 0.2) is 12.1 Å². The van der Waals surface area contributed by atoms with E-state index in [0.717, 1.165) is 25.7 Å². The Kier molecular flexibility index (Phi) is 5.12. The molecule has 28 heavy (non-hydrogen) atoms. The van der Waals surface area contributed by atoms with Crippen LogP contribution in [0.1, 0.15) is 59.6 Å². The molecular weight excluding hydrogens is 364 g/mol. The van der Waals surface area contributed by atoms with Gasteiger partial charge < -0.3 is 19.7 Å². The standard InChI is InChI=1S/C18H24N6O4/c25-16(20-13-3-1-2-4-13)14-10-24(22-21-14)11-18(27)5-7-23(8-6-18)17(26)15-9-19-12-28-15/h9-10,12-13,27H,1-8,11H2,(H,20,25). The molecule has 3 heterocycles. The van der Waals surface area contributed by atoms with Gasteiger partial charge in [-0.05, 0) is 25.7 Å². The van der Waals surface area contributed by atoms with Crippen LogP contribution in [0.2, 0.25) is 0 Å². The van der Waals surface area contributed by atoms with E-state index in [1.165, 1.54) is 17.3 Å². The second-order valence-corrected chi connectivity index (χ2v) is 7.64. The first-order valence-electron chi connectivity index (χ1n) is 9.64. The molecule has 2 fully saturated rings. The Bertz CT molecular complexity index is 819. The molecule has 1 saturated carbocycles. The Morgan fingerprint density at radius 3 is 2.71 bits per heavy atom. The summed E-state index contributed by atoms with van der Waals surface area (Å²) in [6, 6.07) is 0.216. The van der Waals surface area contributed by atoms with Crippen molar-refractivity contribution in [3.63, 3.8) is 0 Å². The number of rotatable bonds is 5. The van der Waals surface area contributed by atoms with E-state index < -0.39 is 5.60 Å². The summed E-state index contributed by atoms with van der Waals surface area (Å²) in [6.07, 6.45) is 9.25. The molecule has 4 rings (SSSR count). The lowest BCUT2D eigenvalue weighted by Crippen LogP contribution is -2.48. The minimum atomic E-state index is -1.01. The van der Waals surface area contributed by atoms with E-state index in [2.05, 4.69) is 20.6 Å². The zero-order valence-electron chi connectivity index (χ0n) is 15.6. The number of likely N-dealkylation sites (tertiary alicyclic amines) is 1. The molecule has 150 valence electrons. The smallest absolute Gasteiger partial charge is 0.291 e. The minimum Gasteiger partial charge on any atom is -0.438 e. The zero-order chi connectivity index (χ0) is 19.6. The van der Waals surface area contributed by atoms with Gasteiger partial charge in [-0.25, -0.2) is 9.67 Å². The number of oxazole rings is 1. The fourth-order valence-corrected chi connectivity index (χ4v) is 3.87. The van der Waals surface area contributed by atoms with Crippen LogP contribution >= 0.6 is 0 Å². The van der Waals surface area contributed by atoms with Gasteiger partial charge in [-0.2, -0.15) is 0 Å². The SMILES string of the molecule is O=C(NC1CCCC1)c1cn(CC2(O)CCN(C(=O)c3cnco3)CC2)nn1. The highest BCUT2D eigenvalue weighted by atomic mass is 16.3. The third-order valence-electron chi connectivity index (χ3n) is 5.54. The van der Waals surface area contributed by atoms with Crippen LogP contribution in [0.25, 0.3) is 0 Å². The summed E-state index contributed by atoms with van der Waals surface area (Å²) < 4.78 is 6.54. The normalized spacial score (nSPS) is 19.7. The Morgan fingerprint density at radius 1 is 1.29 bits per heavy atom. The summed E-state index contributed by atoms with van der Waals surface area (Å²) in [5.41, 5.74) is -0.751. The number of nitrogens with one attached hydrogen (secondary N) is 1. The van der Waals surface area contributed by atoms with E-state index in [-0.39, 0.29) is 35.9 Å². The van der Waals surface area contributed by atoms with Crippen molar-refractivity contribution in [3.05, 3.63) is 30.2 Å². The highest BCUT2D eigenvalue weighted by molar-refractivity contribution is 5.92. The second kappa shape index (κ2) is 7.70. The van der Waals surface area contributed by atoms with Crippen LogP contribution in [0.4, 0.5) is 0 Å². The maximum absolute atomic E-state index is 12.3. The van der Waals surface area contributed by atoms with Crippen molar-refractivity contribution in [3.8, 4) is 0 Å². The summed E-state index contributed by atoms with van der Waals surface area (Å²) in [6.45, 7) is 1.03. The van der Waals surface area contributed by atoms with Crippen LogP contribution < -0.4 is 5.32 Å². The molecule has 1 aliphatic heterocycles. The molecule has 0 spiro atoms. The van der Waals surface area contributed by atoms with E-state index in [0.29, 0.717) is 25.9 Å². The molecule has 2 aliphatic rings. The first kappa shape index (κ1) is 18.6. The van der Waals surface area contributed by atoms with Gasteiger partial charge in [0.1, 0.15) is 0 Å². The number of carbonyl (C=O) groups excluding carboxylic acids is 2.